The smallest absolute Gasteiger partial charge is 0.337 e. The maximum atomic E-state index is 12.2. The molecule has 0 aliphatic carbocycles. The monoisotopic (exact) mass is 280 g/mol. The first-order valence-corrected chi connectivity index (χ1v) is 6.39. The van der Waals surface area contributed by atoms with Gasteiger partial charge in [-0.05, 0) is 25.0 Å². The van der Waals surface area contributed by atoms with Crippen LogP contribution < -0.4 is 15.8 Å². The zero-order valence-electron chi connectivity index (χ0n) is 11.9. The Kier molecular flexibility index (Phi) is 5.10. The topological polar surface area (TPSA) is 102 Å². The maximum absolute atomic E-state index is 12.2. The lowest BCUT2D eigenvalue weighted by molar-refractivity contribution is -0.121. The second-order valence-electron chi connectivity index (χ2n) is 4.53. The number of carboxylic acid groups (broad SMARTS) is 1. The number of hydrogen-bond acceptors (Lipinski definition) is 4. The van der Waals surface area contributed by atoms with Crippen molar-refractivity contribution in [1.29, 1.82) is 0 Å². The van der Waals surface area contributed by atoms with Crippen molar-refractivity contribution in [2.24, 2.45) is 5.73 Å². The van der Waals surface area contributed by atoms with Crippen LogP contribution in [0.25, 0.3) is 0 Å². The molecular weight excluding hydrogens is 260 g/mol. The number of aromatic carboxylic acids is 1. The van der Waals surface area contributed by atoms with Gasteiger partial charge in [0.15, 0.2) is 0 Å². The van der Waals surface area contributed by atoms with Gasteiger partial charge < -0.3 is 20.9 Å². The van der Waals surface area contributed by atoms with Crippen molar-refractivity contribution in [2.75, 3.05) is 12.4 Å². The molecule has 0 spiro atoms. The zero-order valence-corrected chi connectivity index (χ0v) is 11.9. The van der Waals surface area contributed by atoms with E-state index in [0.717, 1.165) is 0 Å². The number of anilines is 1. The molecule has 0 aromatic heterocycles. The third-order valence-electron chi connectivity index (χ3n) is 3.42. The number of amides is 1. The Morgan fingerprint density at radius 1 is 1.35 bits per heavy atom. The predicted molar refractivity (Wildman–Crippen MR) is 76.1 cm³/mol. The molecule has 0 radical (unpaired) electrons. The molecule has 1 rings (SSSR count). The van der Waals surface area contributed by atoms with Crippen LogP contribution in [0.5, 0.6) is 5.75 Å². The molecule has 0 bridgehead atoms. The van der Waals surface area contributed by atoms with Crippen molar-refractivity contribution in [3.05, 3.63) is 23.8 Å². The first-order chi connectivity index (χ1) is 9.37. The summed E-state index contributed by atoms with van der Waals surface area (Å²) in [6.45, 7) is 3.62. The number of benzene rings is 1. The van der Waals surface area contributed by atoms with Crippen molar-refractivity contribution in [3.63, 3.8) is 0 Å². The average Bonchev–Trinajstić information content (AvgIpc) is 2.45. The summed E-state index contributed by atoms with van der Waals surface area (Å²) in [5.74, 6) is -1.07. The standard InChI is InChI=1S/C14H20N2O4/c1-4-14(15,5-2)13(19)16-11-8-9(20-3)6-7-10(11)12(17)18/h6-8H,4-5,15H2,1-3H3,(H,16,19)(H,17,18). The molecule has 0 aliphatic heterocycles. The van der Waals surface area contributed by atoms with Crippen LogP contribution >= 0.6 is 0 Å². The van der Waals surface area contributed by atoms with Gasteiger partial charge in [0.2, 0.25) is 5.91 Å². The van der Waals surface area contributed by atoms with Crippen molar-refractivity contribution >= 4 is 17.6 Å². The van der Waals surface area contributed by atoms with Gasteiger partial charge in [-0.25, -0.2) is 4.79 Å². The van der Waals surface area contributed by atoms with E-state index in [2.05, 4.69) is 5.32 Å². The lowest BCUT2D eigenvalue weighted by atomic mass is 9.93. The highest BCUT2D eigenvalue weighted by Crippen LogP contribution is 2.24. The molecule has 0 atom stereocenters. The van der Waals surface area contributed by atoms with E-state index in [4.69, 9.17) is 15.6 Å². The number of nitrogens with one attached hydrogen (secondary N) is 1. The van der Waals surface area contributed by atoms with E-state index in [1.807, 2.05) is 13.8 Å². The zero-order chi connectivity index (χ0) is 15.3. The summed E-state index contributed by atoms with van der Waals surface area (Å²) in [6, 6.07) is 4.37. The Hall–Kier alpha value is -2.08. The first kappa shape index (κ1) is 16.0. The molecular formula is C14H20N2O4. The minimum Gasteiger partial charge on any atom is -0.497 e. The van der Waals surface area contributed by atoms with Crippen LogP contribution in [0.15, 0.2) is 18.2 Å². The number of carbonyl (C=O) groups is 2. The highest BCUT2D eigenvalue weighted by atomic mass is 16.5. The molecule has 20 heavy (non-hydrogen) atoms. The summed E-state index contributed by atoms with van der Waals surface area (Å²) in [4.78, 5) is 23.4. The largest absolute Gasteiger partial charge is 0.497 e. The summed E-state index contributed by atoms with van der Waals surface area (Å²) in [7, 11) is 1.46. The van der Waals surface area contributed by atoms with Gasteiger partial charge in [0.25, 0.3) is 0 Å². The van der Waals surface area contributed by atoms with Gasteiger partial charge in [-0.1, -0.05) is 13.8 Å². The number of carboxylic acids is 1. The summed E-state index contributed by atoms with van der Waals surface area (Å²) in [5.41, 5.74) is 5.15. The molecule has 1 amide bonds. The third-order valence-corrected chi connectivity index (χ3v) is 3.42. The number of nitrogens with two attached hydrogens (primary N) is 1. The summed E-state index contributed by atoms with van der Waals surface area (Å²) in [5, 5.41) is 11.7. The van der Waals surface area contributed by atoms with Crippen LogP contribution in [0.1, 0.15) is 37.0 Å². The molecule has 6 nitrogen and oxygen atoms in total. The van der Waals surface area contributed by atoms with E-state index >= 15 is 0 Å². The molecule has 110 valence electrons. The third kappa shape index (κ3) is 3.27. The SMILES string of the molecule is CCC(N)(CC)C(=O)Nc1cc(OC)ccc1C(=O)O. The Balaban J connectivity index is 3.12. The number of methoxy groups -OCH3 is 1. The molecule has 0 heterocycles. The van der Waals surface area contributed by atoms with Crippen LogP contribution in [0, 0.1) is 0 Å². The first-order valence-electron chi connectivity index (χ1n) is 6.39. The lowest BCUT2D eigenvalue weighted by Gasteiger charge is -2.25. The minimum absolute atomic E-state index is 0.00583. The van der Waals surface area contributed by atoms with E-state index < -0.39 is 17.4 Å². The Morgan fingerprint density at radius 2 is 1.95 bits per heavy atom. The van der Waals surface area contributed by atoms with E-state index in [0.29, 0.717) is 18.6 Å². The van der Waals surface area contributed by atoms with Crippen LogP contribution in [0.2, 0.25) is 0 Å². The summed E-state index contributed by atoms with van der Waals surface area (Å²) in [6.07, 6.45) is 0.920. The molecule has 4 N–H and O–H groups in total. The van der Waals surface area contributed by atoms with Crippen LogP contribution in [-0.4, -0.2) is 29.6 Å². The van der Waals surface area contributed by atoms with Crippen molar-refractivity contribution < 1.29 is 19.4 Å². The molecule has 0 saturated heterocycles. The van der Waals surface area contributed by atoms with Gasteiger partial charge in [-0.3, -0.25) is 4.79 Å². The molecule has 0 unspecified atom stereocenters. The molecule has 6 heteroatoms. The van der Waals surface area contributed by atoms with Crippen LogP contribution in [0.3, 0.4) is 0 Å². The van der Waals surface area contributed by atoms with E-state index in [-0.39, 0.29) is 11.3 Å². The van der Waals surface area contributed by atoms with Gasteiger partial charge in [0.05, 0.1) is 23.9 Å². The molecule has 0 aliphatic rings. The maximum Gasteiger partial charge on any atom is 0.337 e. The molecule has 0 saturated carbocycles. The summed E-state index contributed by atoms with van der Waals surface area (Å²) < 4.78 is 5.03. The van der Waals surface area contributed by atoms with Gasteiger partial charge in [0.1, 0.15) is 5.75 Å². The van der Waals surface area contributed by atoms with Crippen molar-refractivity contribution in [3.8, 4) is 5.75 Å². The Labute approximate surface area is 117 Å². The summed E-state index contributed by atoms with van der Waals surface area (Å²) >= 11 is 0. The number of rotatable bonds is 6. The van der Waals surface area contributed by atoms with E-state index in [1.54, 1.807) is 0 Å². The van der Waals surface area contributed by atoms with Gasteiger partial charge in [0, 0.05) is 6.07 Å². The number of carbonyl (C=O) groups excluding carboxylic acids is 1. The van der Waals surface area contributed by atoms with Crippen molar-refractivity contribution in [1.82, 2.24) is 0 Å². The van der Waals surface area contributed by atoms with Crippen LogP contribution in [-0.2, 0) is 4.79 Å². The van der Waals surface area contributed by atoms with Gasteiger partial charge >= 0.3 is 5.97 Å². The number of ether oxygens (including phenoxy) is 1. The average molecular weight is 280 g/mol. The minimum atomic E-state index is -1.13. The fourth-order valence-electron chi connectivity index (χ4n) is 1.76. The van der Waals surface area contributed by atoms with E-state index in [1.165, 1.54) is 25.3 Å². The second kappa shape index (κ2) is 6.38. The Bertz CT molecular complexity index is 510. The molecule has 0 fully saturated rings. The normalized spacial score (nSPS) is 11.0. The van der Waals surface area contributed by atoms with Gasteiger partial charge in [-0.15, -0.1) is 0 Å². The molecule has 1 aromatic carbocycles. The Morgan fingerprint density at radius 3 is 2.40 bits per heavy atom. The highest BCUT2D eigenvalue weighted by molar-refractivity contribution is 6.03. The molecule has 1 aromatic rings. The predicted octanol–water partition coefficient (Wildman–Crippen LogP) is 1.85. The fraction of sp³-hybridized carbons (Fsp3) is 0.429. The highest BCUT2D eigenvalue weighted by Gasteiger charge is 2.30. The second-order valence-corrected chi connectivity index (χ2v) is 4.53. The van der Waals surface area contributed by atoms with E-state index in [9.17, 15) is 9.59 Å². The lowest BCUT2D eigenvalue weighted by Crippen LogP contribution is -2.50. The van der Waals surface area contributed by atoms with Gasteiger partial charge in [-0.2, -0.15) is 0 Å². The number of hydrogen-bond donors (Lipinski definition) is 3. The fourth-order valence-corrected chi connectivity index (χ4v) is 1.76. The van der Waals surface area contributed by atoms with Crippen LogP contribution in [0.4, 0.5) is 5.69 Å². The van der Waals surface area contributed by atoms with Crippen molar-refractivity contribution in [2.45, 2.75) is 32.2 Å². The quantitative estimate of drug-likeness (QED) is 0.738.